The van der Waals surface area contributed by atoms with Crippen molar-refractivity contribution in [1.29, 1.82) is 0 Å². The van der Waals surface area contributed by atoms with Crippen LogP contribution in [0.25, 0.3) is 0 Å². The van der Waals surface area contributed by atoms with E-state index < -0.39 is 0 Å². The van der Waals surface area contributed by atoms with Crippen LogP contribution in [0.5, 0.6) is 0 Å². The molecule has 0 atom stereocenters. The molecule has 0 aromatic heterocycles. The third-order valence-corrected chi connectivity index (χ3v) is 1.40. The first-order chi connectivity index (χ1) is 4.81. The highest BCUT2D eigenvalue weighted by molar-refractivity contribution is 6.18. The van der Waals surface area contributed by atoms with Gasteiger partial charge in [-0.05, 0) is 20.3 Å². The van der Waals surface area contributed by atoms with Crippen molar-refractivity contribution < 1.29 is 0 Å². The topological polar surface area (TPSA) is 0 Å². The molecule has 0 amide bonds. The van der Waals surface area contributed by atoms with E-state index in [0.717, 1.165) is 12.8 Å². The Morgan fingerprint density at radius 1 is 1.60 bits per heavy atom. The van der Waals surface area contributed by atoms with E-state index in [0.29, 0.717) is 5.88 Å². The summed E-state index contributed by atoms with van der Waals surface area (Å²) in [6, 6.07) is 0. The minimum absolute atomic E-state index is 0.616. The van der Waals surface area contributed by atoms with Crippen molar-refractivity contribution in [1.82, 2.24) is 0 Å². The van der Waals surface area contributed by atoms with E-state index in [9.17, 15) is 0 Å². The Morgan fingerprint density at radius 2 is 2.30 bits per heavy atom. The number of hydrogen-bond acceptors (Lipinski definition) is 0. The molecule has 0 rings (SSSR count). The van der Waals surface area contributed by atoms with Crippen LogP contribution in [-0.2, 0) is 0 Å². The van der Waals surface area contributed by atoms with E-state index >= 15 is 0 Å². The van der Waals surface area contributed by atoms with Crippen LogP contribution in [0.15, 0.2) is 11.6 Å². The summed E-state index contributed by atoms with van der Waals surface area (Å²) in [6.07, 6.45) is 4.03. The van der Waals surface area contributed by atoms with E-state index in [4.69, 9.17) is 11.6 Å². The average molecular weight is 157 g/mol. The van der Waals surface area contributed by atoms with Gasteiger partial charge in [0, 0.05) is 12.3 Å². The second-order valence-electron chi connectivity index (χ2n) is 2.13. The van der Waals surface area contributed by atoms with Gasteiger partial charge in [0.15, 0.2) is 0 Å². The zero-order chi connectivity index (χ0) is 7.82. The van der Waals surface area contributed by atoms with Crippen molar-refractivity contribution >= 4 is 11.6 Å². The lowest BCUT2D eigenvalue weighted by Gasteiger charge is -1.92. The van der Waals surface area contributed by atoms with Gasteiger partial charge in [0.25, 0.3) is 0 Å². The molecule has 10 heavy (non-hydrogen) atoms. The van der Waals surface area contributed by atoms with Gasteiger partial charge in [-0.15, -0.1) is 23.4 Å². The normalized spacial score (nSPS) is 10.5. The van der Waals surface area contributed by atoms with Crippen LogP contribution in [0.3, 0.4) is 0 Å². The Morgan fingerprint density at radius 3 is 2.80 bits per heavy atom. The molecule has 0 aromatic carbocycles. The predicted octanol–water partition coefficient (Wildman–Crippen LogP) is 2.98. The third kappa shape index (κ3) is 5.72. The second kappa shape index (κ2) is 6.71. The van der Waals surface area contributed by atoms with Crippen molar-refractivity contribution in [2.24, 2.45) is 0 Å². The zero-order valence-corrected chi connectivity index (χ0v) is 7.33. The molecule has 0 bridgehead atoms. The predicted molar refractivity (Wildman–Crippen MR) is 47.2 cm³/mol. The van der Waals surface area contributed by atoms with Crippen LogP contribution in [0.1, 0.15) is 26.7 Å². The van der Waals surface area contributed by atoms with Crippen molar-refractivity contribution in [2.75, 3.05) is 5.88 Å². The largest absolute Gasteiger partial charge is 0.122 e. The fourth-order valence-electron chi connectivity index (χ4n) is 0.618. The standard InChI is InChI=1S/C9H13Cl/c1-3-4-5-6-9(2)7-8-10/h7H,5-6,8H2,1-2H3/b9-7+. The molecule has 0 aromatic rings. The molecule has 1 heteroatoms. The number of alkyl halides is 1. The highest BCUT2D eigenvalue weighted by Crippen LogP contribution is 2.02. The maximum Gasteiger partial charge on any atom is 0.0406 e. The number of hydrogen-bond donors (Lipinski definition) is 0. The number of halogens is 1. The molecule has 0 spiro atoms. The number of rotatable bonds is 3. The molecule has 0 aliphatic carbocycles. The summed E-state index contributed by atoms with van der Waals surface area (Å²) in [5, 5.41) is 0. The maximum absolute atomic E-state index is 5.50. The van der Waals surface area contributed by atoms with Gasteiger partial charge in [-0.1, -0.05) is 11.6 Å². The van der Waals surface area contributed by atoms with E-state index in [1.54, 1.807) is 0 Å². The third-order valence-electron chi connectivity index (χ3n) is 1.25. The van der Waals surface area contributed by atoms with Crippen LogP contribution in [-0.4, -0.2) is 5.88 Å². The van der Waals surface area contributed by atoms with Crippen LogP contribution in [0.2, 0.25) is 0 Å². The lowest BCUT2D eigenvalue weighted by atomic mass is 10.1. The summed E-state index contributed by atoms with van der Waals surface area (Å²) in [4.78, 5) is 0. The van der Waals surface area contributed by atoms with E-state index in [2.05, 4.69) is 18.8 Å². The lowest BCUT2D eigenvalue weighted by Crippen LogP contribution is -1.76. The van der Waals surface area contributed by atoms with Gasteiger partial charge in [-0.3, -0.25) is 0 Å². The molecular formula is C9H13Cl. The molecule has 0 saturated heterocycles. The molecule has 0 saturated carbocycles. The lowest BCUT2D eigenvalue weighted by molar-refractivity contribution is 0.997. The molecule has 0 N–H and O–H groups in total. The molecule has 0 aliphatic rings. The van der Waals surface area contributed by atoms with E-state index in [-0.39, 0.29) is 0 Å². The molecule has 0 heterocycles. The van der Waals surface area contributed by atoms with Gasteiger partial charge in [0.2, 0.25) is 0 Å². The monoisotopic (exact) mass is 156 g/mol. The molecule has 0 unspecified atom stereocenters. The molecule has 0 fully saturated rings. The van der Waals surface area contributed by atoms with E-state index in [1.807, 2.05) is 13.0 Å². The highest BCUT2D eigenvalue weighted by atomic mass is 35.5. The minimum Gasteiger partial charge on any atom is -0.122 e. The van der Waals surface area contributed by atoms with Gasteiger partial charge in [0.05, 0.1) is 0 Å². The molecular weight excluding hydrogens is 144 g/mol. The maximum atomic E-state index is 5.50. The van der Waals surface area contributed by atoms with Crippen molar-refractivity contribution in [3.63, 3.8) is 0 Å². The van der Waals surface area contributed by atoms with Crippen LogP contribution >= 0.6 is 11.6 Å². The summed E-state index contributed by atoms with van der Waals surface area (Å²) >= 11 is 5.50. The zero-order valence-electron chi connectivity index (χ0n) is 6.58. The summed E-state index contributed by atoms with van der Waals surface area (Å²) in [6.45, 7) is 3.94. The van der Waals surface area contributed by atoms with Gasteiger partial charge in [-0.25, -0.2) is 0 Å². The van der Waals surface area contributed by atoms with Crippen LogP contribution in [0, 0.1) is 11.8 Å². The van der Waals surface area contributed by atoms with Gasteiger partial charge < -0.3 is 0 Å². The van der Waals surface area contributed by atoms with Gasteiger partial charge in [-0.2, -0.15) is 0 Å². The fraction of sp³-hybridized carbons (Fsp3) is 0.556. The Hall–Kier alpha value is -0.410. The highest BCUT2D eigenvalue weighted by Gasteiger charge is 1.85. The minimum atomic E-state index is 0.616. The smallest absolute Gasteiger partial charge is 0.0406 e. The first kappa shape index (κ1) is 9.59. The fourth-order valence-corrected chi connectivity index (χ4v) is 0.882. The Balaban J connectivity index is 3.45. The summed E-state index contributed by atoms with van der Waals surface area (Å²) in [5.74, 6) is 6.48. The average Bonchev–Trinajstić information content (AvgIpc) is 1.89. The second-order valence-corrected chi connectivity index (χ2v) is 2.44. The van der Waals surface area contributed by atoms with Gasteiger partial charge in [0.1, 0.15) is 0 Å². The molecule has 0 nitrogen and oxygen atoms in total. The molecule has 56 valence electrons. The SMILES string of the molecule is CC#CCC/C(C)=C/CCl. The van der Waals surface area contributed by atoms with E-state index in [1.165, 1.54) is 5.57 Å². The van der Waals surface area contributed by atoms with Gasteiger partial charge >= 0.3 is 0 Å². The number of allylic oxidation sites excluding steroid dienone is 2. The van der Waals surface area contributed by atoms with Crippen LogP contribution < -0.4 is 0 Å². The summed E-state index contributed by atoms with van der Waals surface area (Å²) < 4.78 is 0. The van der Waals surface area contributed by atoms with Crippen LogP contribution in [0.4, 0.5) is 0 Å². The van der Waals surface area contributed by atoms with Crippen molar-refractivity contribution in [3.05, 3.63) is 11.6 Å². The first-order valence-electron chi connectivity index (χ1n) is 3.42. The van der Waals surface area contributed by atoms with Crippen molar-refractivity contribution in [2.45, 2.75) is 26.7 Å². The first-order valence-corrected chi connectivity index (χ1v) is 3.96. The van der Waals surface area contributed by atoms with Crippen molar-refractivity contribution in [3.8, 4) is 11.8 Å². The Bertz CT molecular complexity index is 157. The molecule has 0 aliphatic heterocycles. The summed E-state index contributed by atoms with van der Waals surface area (Å²) in [5.41, 5.74) is 1.33. The quantitative estimate of drug-likeness (QED) is 0.335. The summed E-state index contributed by atoms with van der Waals surface area (Å²) in [7, 11) is 0. The Kier molecular flexibility index (Phi) is 6.43. The Labute approximate surface area is 68.3 Å². The molecule has 0 radical (unpaired) electrons.